The van der Waals surface area contributed by atoms with Gasteiger partial charge in [0.1, 0.15) is 0 Å². The van der Waals surface area contributed by atoms with E-state index in [4.69, 9.17) is 0 Å². The van der Waals surface area contributed by atoms with E-state index in [0.717, 1.165) is 11.1 Å². The monoisotopic (exact) mass is 252 g/mol. The number of carbonyl (C=O) groups is 2. The molecule has 1 aromatic carbocycles. The maximum absolute atomic E-state index is 13.7. The van der Waals surface area contributed by atoms with Crippen molar-refractivity contribution in [1.29, 1.82) is 0 Å². The van der Waals surface area contributed by atoms with E-state index in [9.17, 15) is 14.0 Å². The van der Waals surface area contributed by atoms with Crippen molar-refractivity contribution in [2.45, 2.75) is 40.0 Å². The lowest BCUT2D eigenvalue weighted by Crippen LogP contribution is -2.29. The Labute approximate surface area is 106 Å². The van der Waals surface area contributed by atoms with Crippen LogP contribution in [0.5, 0.6) is 0 Å². The van der Waals surface area contributed by atoms with E-state index >= 15 is 0 Å². The summed E-state index contributed by atoms with van der Waals surface area (Å²) in [6.45, 7) is 6.82. The summed E-state index contributed by atoms with van der Waals surface area (Å²) < 4.78 is 18.4. The highest BCUT2D eigenvalue weighted by molar-refractivity contribution is 6.11. The number of carbonyl (C=O) groups excluding carboxylic acids is 2. The third-order valence-electron chi connectivity index (χ3n) is 2.30. The number of hydrogen-bond acceptors (Lipinski definition) is 3. The summed E-state index contributed by atoms with van der Waals surface area (Å²) in [6.07, 6.45) is -2.70. The minimum absolute atomic E-state index is 0.195. The van der Waals surface area contributed by atoms with Crippen molar-refractivity contribution < 1.29 is 18.7 Å². The van der Waals surface area contributed by atoms with Crippen LogP contribution in [-0.2, 0) is 9.53 Å². The molecule has 0 saturated heterocycles. The molecule has 4 heteroatoms. The molecule has 0 amide bonds. The number of Topliss-reactive ketones (excluding diaryl/α,β-unsaturated/α-hetero) is 1. The van der Waals surface area contributed by atoms with E-state index in [2.05, 4.69) is 4.74 Å². The molecule has 0 aromatic heterocycles. The van der Waals surface area contributed by atoms with Crippen LogP contribution in [0.4, 0.5) is 4.39 Å². The Morgan fingerprint density at radius 1 is 1.11 bits per heavy atom. The van der Waals surface area contributed by atoms with Crippen molar-refractivity contribution in [3.05, 3.63) is 34.9 Å². The molecule has 0 fully saturated rings. The number of ketones is 1. The molecule has 0 aliphatic heterocycles. The van der Waals surface area contributed by atoms with Crippen LogP contribution in [-0.4, -0.2) is 24.0 Å². The fourth-order valence-electron chi connectivity index (χ4n) is 1.66. The molecule has 0 radical (unpaired) electrons. The van der Waals surface area contributed by atoms with E-state index in [1.54, 1.807) is 26.0 Å². The van der Waals surface area contributed by atoms with Gasteiger partial charge < -0.3 is 4.74 Å². The number of aryl methyl sites for hydroxylation is 2. The van der Waals surface area contributed by atoms with Crippen molar-refractivity contribution in [2.75, 3.05) is 0 Å². The Balaban J connectivity index is 2.89. The molecular weight excluding hydrogens is 235 g/mol. The van der Waals surface area contributed by atoms with Crippen LogP contribution in [0.2, 0.25) is 0 Å². The van der Waals surface area contributed by atoms with Gasteiger partial charge in [0.2, 0.25) is 5.78 Å². The number of ether oxygens (including phenoxy) is 1. The average Bonchev–Trinajstić information content (AvgIpc) is 2.24. The average molecular weight is 252 g/mol. The van der Waals surface area contributed by atoms with E-state index < -0.39 is 24.0 Å². The van der Waals surface area contributed by atoms with Gasteiger partial charge in [0.25, 0.3) is 6.17 Å². The van der Waals surface area contributed by atoms with Gasteiger partial charge in [-0.25, -0.2) is 9.18 Å². The zero-order valence-electron chi connectivity index (χ0n) is 11.0. The van der Waals surface area contributed by atoms with Crippen molar-refractivity contribution in [2.24, 2.45) is 0 Å². The SMILES string of the molecule is Cc1cc(C)cc(C(=O)C(F)C(=O)OC(C)C)c1. The molecule has 0 N–H and O–H groups in total. The maximum atomic E-state index is 13.7. The molecular formula is C14H17FO3. The summed E-state index contributed by atoms with van der Waals surface area (Å²) in [5.41, 5.74) is 1.89. The number of halogens is 1. The second-order valence-corrected chi connectivity index (χ2v) is 4.59. The molecule has 0 saturated carbocycles. The predicted octanol–water partition coefficient (Wildman–Crippen LogP) is 2.78. The number of benzene rings is 1. The predicted molar refractivity (Wildman–Crippen MR) is 66.4 cm³/mol. The first kappa shape index (κ1) is 14.4. The molecule has 98 valence electrons. The van der Waals surface area contributed by atoms with Gasteiger partial charge >= 0.3 is 5.97 Å². The normalized spacial score (nSPS) is 12.3. The van der Waals surface area contributed by atoms with Gasteiger partial charge in [0.05, 0.1) is 6.10 Å². The van der Waals surface area contributed by atoms with Crippen molar-refractivity contribution in [3.8, 4) is 0 Å². The molecule has 1 unspecified atom stereocenters. The van der Waals surface area contributed by atoms with E-state index in [1.807, 2.05) is 19.9 Å². The van der Waals surface area contributed by atoms with Crippen molar-refractivity contribution in [1.82, 2.24) is 0 Å². The van der Waals surface area contributed by atoms with Crippen molar-refractivity contribution in [3.63, 3.8) is 0 Å². The maximum Gasteiger partial charge on any atom is 0.349 e. The first-order valence-electron chi connectivity index (χ1n) is 5.78. The number of rotatable bonds is 4. The summed E-state index contributed by atoms with van der Waals surface area (Å²) >= 11 is 0. The zero-order chi connectivity index (χ0) is 13.9. The lowest BCUT2D eigenvalue weighted by molar-refractivity contribution is -0.151. The van der Waals surface area contributed by atoms with Gasteiger partial charge in [0.15, 0.2) is 0 Å². The van der Waals surface area contributed by atoms with Crippen LogP contribution in [0.3, 0.4) is 0 Å². The largest absolute Gasteiger partial charge is 0.460 e. The highest BCUT2D eigenvalue weighted by atomic mass is 19.1. The van der Waals surface area contributed by atoms with Gasteiger partial charge in [-0.3, -0.25) is 4.79 Å². The Bertz CT molecular complexity index is 446. The van der Waals surface area contributed by atoms with Crippen LogP contribution >= 0.6 is 0 Å². The lowest BCUT2D eigenvalue weighted by Gasteiger charge is -2.11. The summed E-state index contributed by atoms with van der Waals surface area (Å²) in [5, 5.41) is 0. The second-order valence-electron chi connectivity index (χ2n) is 4.59. The third kappa shape index (κ3) is 3.65. The molecule has 3 nitrogen and oxygen atoms in total. The molecule has 0 bridgehead atoms. The van der Waals surface area contributed by atoms with Gasteiger partial charge in [-0.1, -0.05) is 17.2 Å². The molecule has 1 rings (SSSR count). The minimum atomic E-state index is -2.26. The Morgan fingerprint density at radius 3 is 2.06 bits per heavy atom. The van der Waals surface area contributed by atoms with E-state index in [0.29, 0.717) is 0 Å². The molecule has 0 heterocycles. The summed E-state index contributed by atoms with van der Waals surface area (Å²) in [6, 6.07) is 4.99. The summed E-state index contributed by atoms with van der Waals surface area (Å²) in [5.74, 6) is -1.98. The van der Waals surface area contributed by atoms with Gasteiger partial charge in [-0.15, -0.1) is 0 Å². The minimum Gasteiger partial charge on any atom is -0.460 e. The first-order valence-corrected chi connectivity index (χ1v) is 5.78. The number of hydrogen-bond donors (Lipinski definition) is 0. The van der Waals surface area contributed by atoms with E-state index in [1.165, 1.54) is 0 Å². The van der Waals surface area contributed by atoms with Crippen LogP contribution in [0, 0.1) is 13.8 Å². The van der Waals surface area contributed by atoms with E-state index in [-0.39, 0.29) is 5.56 Å². The number of alkyl halides is 1. The quantitative estimate of drug-likeness (QED) is 0.470. The topological polar surface area (TPSA) is 43.4 Å². The lowest BCUT2D eigenvalue weighted by atomic mass is 10.0. The first-order chi connectivity index (χ1) is 8.31. The van der Waals surface area contributed by atoms with Gasteiger partial charge in [-0.2, -0.15) is 0 Å². The fourth-order valence-corrected chi connectivity index (χ4v) is 1.66. The molecule has 0 spiro atoms. The zero-order valence-corrected chi connectivity index (χ0v) is 11.0. The van der Waals surface area contributed by atoms with Crippen molar-refractivity contribution >= 4 is 11.8 Å². The molecule has 1 aromatic rings. The Morgan fingerprint density at radius 2 is 1.61 bits per heavy atom. The standard InChI is InChI=1S/C14H17FO3/c1-8(2)18-14(17)12(15)13(16)11-6-9(3)5-10(4)7-11/h5-8,12H,1-4H3. The van der Waals surface area contributed by atoms with Gasteiger partial charge in [-0.05, 0) is 39.8 Å². The smallest absolute Gasteiger partial charge is 0.349 e. The summed E-state index contributed by atoms with van der Waals surface area (Å²) in [4.78, 5) is 23.1. The molecule has 18 heavy (non-hydrogen) atoms. The Hall–Kier alpha value is -1.71. The highest BCUT2D eigenvalue weighted by Gasteiger charge is 2.29. The Kier molecular flexibility index (Phi) is 4.59. The molecule has 0 aliphatic rings. The second kappa shape index (κ2) is 5.76. The number of esters is 1. The fraction of sp³-hybridized carbons (Fsp3) is 0.429. The molecule has 1 atom stereocenters. The van der Waals surface area contributed by atoms with Crippen LogP contribution in [0.1, 0.15) is 35.3 Å². The van der Waals surface area contributed by atoms with Crippen LogP contribution in [0.25, 0.3) is 0 Å². The van der Waals surface area contributed by atoms with Crippen LogP contribution < -0.4 is 0 Å². The van der Waals surface area contributed by atoms with Crippen LogP contribution in [0.15, 0.2) is 18.2 Å². The molecule has 0 aliphatic carbocycles. The summed E-state index contributed by atoms with van der Waals surface area (Å²) in [7, 11) is 0. The highest BCUT2D eigenvalue weighted by Crippen LogP contribution is 2.13. The van der Waals surface area contributed by atoms with Gasteiger partial charge in [0, 0.05) is 5.56 Å². The third-order valence-corrected chi connectivity index (χ3v) is 2.30.